The van der Waals surface area contributed by atoms with Crippen LogP contribution in [0.1, 0.15) is 0 Å². The Morgan fingerprint density at radius 1 is 0.393 bits per heavy atom. The van der Waals surface area contributed by atoms with Crippen molar-refractivity contribution in [3.05, 3.63) is 188 Å². The van der Waals surface area contributed by atoms with Crippen molar-refractivity contribution in [2.45, 2.75) is 0 Å². The molecule has 0 unspecified atom stereocenters. The van der Waals surface area contributed by atoms with Crippen molar-refractivity contribution in [2.24, 2.45) is 0 Å². The van der Waals surface area contributed by atoms with E-state index in [9.17, 15) is 0 Å². The topological polar surface area (TPSA) is 69.6 Å². The van der Waals surface area contributed by atoms with E-state index in [1.165, 1.54) is 0 Å². The van der Waals surface area contributed by atoms with Gasteiger partial charge in [0.2, 0.25) is 0 Å². The third-order valence-corrected chi connectivity index (χ3v) is 10.5. The molecule has 56 heavy (non-hydrogen) atoms. The van der Waals surface area contributed by atoms with E-state index in [2.05, 4.69) is 108 Å². The van der Waals surface area contributed by atoms with Crippen molar-refractivity contribution in [1.82, 2.24) is 24.5 Å². The molecule has 0 N–H and O–H groups in total. The number of rotatable bonds is 6. The van der Waals surface area contributed by atoms with Crippen LogP contribution in [0.5, 0.6) is 0 Å². The second kappa shape index (κ2) is 13.0. The Bertz CT molecular complexity index is 3190. The fraction of sp³-hybridized carbons (Fsp3) is 0. The zero-order valence-electron chi connectivity index (χ0n) is 30.0. The predicted octanol–water partition coefficient (Wildman–Crippen LogP) is 12.6. The summed E-state index contributed by atoms with van der Waals surface area (Å²) in [6, 6.07) is 62.3. The molecule has 4 aromatic heterocycles. The van der Waals surface area contributed by atoms with Gasteiger partial charge in [-0.15, -0.1) is 0 Å². The number of para-hydroxylation sites is 2. The van der Waals surface area contributed by atoms with Gasteiger partial charge in [0.05, 0.1) is 22.0 Å². The van der Waals surface area contributed by atoms with Crippen molar-refractivity contribution >= 4 is 43.7 Å². The number of nitrogens with zero attached hydrogens (tertiary/aromatic N) is 5. The maximum absolute atomic E-state index is 6.46. The Labute approximate surface area is 322 Å². The molecular formula is C50H31N5O. The molecular weight excluding hydrogens is 687 g/mol. The minimum atomic E-state index is 0.523. The predicted molar refractivity (Wildman–Crippen MR) is 226 cm³/mol. The number of fused-ring (bicyclic) bond motifs is 7. The fourth-order valence-corrected chi connectivity index (χ4v) is 7.97. The first kappa shape index (κ1) is 31.8. The van der Waals surface area contributed by atoms with Gasteiger partial charge < -0.3 is 4.42 Å². The van der Waals surface area contributed by atoms with E-state index in [1.54, 1.807) is 0 Å². The maximum atomic E-state index is 6.46. The van der Waals surface area contributed by atoms with Crippen molar-refractivity contribution in [3.63, 3.8) is 0 Å². The molecule has 4 heterocycles. The molecule has 0 atom stereocenters. The van der Waals surface area contributed by atoms with Crippen LogP contribution < -0.4 is 0 Å². The first-order chi connectivity index (χ1) is 27.8. The molecule has 0 amide bonds. The summed E-state index contributed by atoms with van der Waals surface area (Å²) in [4.78, 5) is 21.0. The molecule has 0 fully saturated rings. The third kappa shape index (κ3) is 5.19. The first-order valence-corrected chi connectivity index (χ1v) is 18.6. The van der Waals surface area contributed by atoms with Crippen LogP contribution in [0.3, 0.4) is 0 Å². The SMILES string of the molecule is c1ccc(-c2nc(-c3ccccc3)nc(-c3cc(-c4ccccc4-c4ccccc4)cnc3-n3c4ccccc4c4ccc5oc6ccccc6c5c43)n2)cc1. The molecule has 11 rings (SSSR count). The van der Waals surface area contributed by atoms with Gasteiger partial charge in [0.15, 0.2) is 17.5 Å². The van der Waals surface area contributed by atoms with Crippen LogP contribution in [0, 0.1) is 0 Å². The molecule has 0 bridgehead atoms. The summed E-state index contributed by atoms with van der Waals surface area (Å²) in [5.74, 6) is 2.40. The third-order valence-electron chi connectivity index (χ3n) is 10.5. The Morgan fingerprint density at radius 3 is 1.64 bits per heavy atom. The van der Waals surface area contributed by atoms with Crippen molar-refractivity contribution in [1.29, 1.82) is 0 Å². The summed E-state index contributed by atoms with van der Waals surface area (Å²) in [5.41, 5.74) is 10.5. The first-order valence-electron chi connectivity index (χ1n) is 18.6. The lowest BCUT2D eigenvalue weighted by Crippen LogP contribution is -2.06. The Morgan fingerprint density at radius 2 is 0.946 bits per heavy atom. The highest BCUT2D eigenvalue weighted by Crippen LogP contribution is 2.43. The average Bonchev–Trinajstić information content (AvgIpc) is 3.83. The van der Waals surface area contributed by atoms with Crippen LogP contribution in [-0.2, 0) is 0 Å². The molecule has 262 valence electrons. The number of pyridine rings is 1. The number of furan rings is 1. The molecule has 0 aliphatic heterocycles. The molecule has 0 saturated heterocycles. The second-order valence-corrected chi connectivity index (χ2v) is 13.8. The van der Waals surface area contributed by atoms with E-state index >= 15 is 0 Å². The largest absolute Gasteiger partial charge is 0.456 e. The van der Waals surface area contributed by atoms with Crippen LogP contribution in [0.15, 0.2) is 193 Å². The Balaban J connectivity index is 1.27. The Hall–Kier alpha value is -7.70. The van der Waals surface area contributed by atoms with Gasteiger partial charge >= 0.3 is 0 Å². The summed E-state index contributed by atoms with van der Waals surface area (Å²) in [6.07, 6.45) is 1.98. The van der Waals surface area contributed by atoms with Gasteiger partial charge in [0.25, 0.3) is 0 Å². The molecule has 0 radical (unpaired) electrons. The molecule has 7 aromatic carbocycles. The minimum Gasteiger partial charge on any atom is -0.456 e. The van der Waals surface area contributed by atoms with Crippen LogP contribution in [0.4, 0.5) is 0 Å². The second-order valence-electron chi connectivity index (χ2n) is 13.8. The maximum Gasteiger partial charge on any atom is 0.167 e. The summed E-state index contributed by atoms with van der Waals surface area (Å²) in [7, 11) is 0. The van der Waals surface area contributed by atoms with Gasteiger partial charge in [0, 0.05) is 39.0 Å². The van der Waals surface area contributed by atoms with Gasteiger partial charge in [-0.3, -0.25) is 4.57 Å². The number of hydrogen-bond donors (Lipinski definition) is 0. The summed E-state index contributed by atoms with van der Waals surface area (Å²) in [5, 5.41) is 4.30. The quantitative estimate of drug-likeness (QED) is 0.171. The van der Waals surface area contributed by atoms with E-state index in [-0.39, 0.29) is 0 Å². The van der Waals surface area contributed by atoms with Gasteiger partial charge in [-0.2, -0.15) is 0 Å². The van der Waals surface area contributed by atoms with Gasteiger partial charge in [-0.05, 0) is 47.0 Å². The molecule has 0 aliphatic carbocycles. The Kier molecular flexibility index (Phi) is 7.38. The normalized spacial score (nSPS) is 11.6. The minimum absolute atomic E-state index is 0.523. The van der Waals surface area contributed by atoms with Gasteiger partial charge in [-0.1, -0.05) is 152 Å². The number of hydrogen-bond acceptors (Lipinski definition) is 5. The highest BCUT2D eigenvalue weighted by atomic mass is 16.3. The lowest BCUT2D eigenvalue weighted by atomic mass is 9.94. The van der Waals surface area contributed by atoms with Crippen LogP contribution >= 0.6 is 0 Å². The summed E-state index contributed by atoms with van der Waals surface area (Å²) in [6.45, 7) is 0. The van der Waals surface area contributed by atoms with E-state index < -0.39 is 0 Å². The monoisotopic (exact) mass is 717 g/mol. The van der Waals surface area contributed by atoms with Crippen molar-refractivity contribution in [3.8, 4) is 62.2 Å². The molecule has 6 nitrogen and oxygen atoms in total. The van der Waals surface area contributed by atoms with Gasteiger partial charge in [0.1, 0.15) is 17.0 Å². The number of aromatic nitrogens is 5. The zero-order chi connectivity index (χ0) is 37.0. The average molecular weight is 718 g/mol. The summed E-state index contributed by atoms with van der Waals surface area (Å²) < 4.78 is 8.73. The van der Waals surface area contributed by atoms with Crippen molar-refractivity contribution in [2.75, 3.05) is 0 Å². The molecule has 0 aliphatic rings. The summed E-state index contributed by atoms with van der Waals surface area (Å²) >= 11 is 0. The van der Waals surface area contributed by atoms with E-state index in [1.807, 2.05) is 85.1 Å². The van der Waals surface area contributed by atoms with Gasteiger partial charge in [-0.25, -0.2) is 19.9 Å². The molecule has 6 heteroatoms. The van der Waals surface area contributed by atoms with Crippen LogP contribution in [0.25, 0.3) is 106 Å². The zero-order valence-corrected chi connectivity index (χ0v) is 30.0. The standard InChI is InChI=1S/C50H31N5O/c1-4-16-32(17-5-1)36-22-10-11-23-37(36)35-30-41(49-53-47(33-18-6-2-7-19-33)52-48(54-49)34-20-8-3-9-21-34)50(51-31-35)55-42-26-14-12-24-38(42)39-28-29-44-45(46(39)55)40-25-13-15-27-43(40)56-44/h1-31H. The smallest absolute Gasteiger partial charge is 0.167 e. The van der Waals surface area contributed by atoms with E-state index in [0.29, 0.717) is 23.3 Å². The molecule has 0 saturated carbocycles. The fourth-order valence-electron chi connectivity index (χ4n) is 7.97. The highest BCUT2D eigenvalue weighted by Gasteiger charge is 2.24. The van der Waals surface area contributed by atoms with E-state index in [0.717, 1.165) is 82.7 Å². The molecule has 11 aromatic rings. The van der Waals surface area contributed by atoms with E-state index in [4.69, 9.17) is 24.4 Å². The lowest BCUT2D eigenvalue weighted by Gasteiger charge is -2.16. The lowest BCUT2D eigenvalue weighted by molar-refractivity contribution is 0.669. The highest BCUT2D eigenvalue weighted by molar-refractivity contribution is 6.24. The van der Waals surface area contributed by atoms with Crippen molar-refractivity contribution < 1.29 is 4.42 Å². The van der Waals surface area contributed by atoms with Crippen LogP contribution in [0.2, 0.25) is 0 Å². The number of benzene rings is 7. The van der Waals surface area contributed by atoms with Crippen LogP contribution in [-0.4, -0.2) is 24.5 Å². The molecule has 0 spiro atoms.